The Bertz CT molecular complexity index is 545. The van der Waals surface area contributed by atoms with Gasteiger partial charge in [-0.2, -0.15) is 4.98 Å². The summed E-state index contributed by atoms with van der Waals surface area (Å²) in [6.07, 6.45) is 2.86. The number of nitrogens with one attached hydrogen (secondary N) is 1. The molecule has 96 valence electrons. The maximum atomic E-state index is 5.89. The molecule has 2 aromatic rings. The molecule has 0 bridgehead atoms. The zero-order valence-electron chi connectivity index (χ0n) is 9.81. The highest BCUT2D eigenvalue weighted by Crippen LogP contribution is 2.26. The van der Waals surface area contributed by atoms with E-state index in [1.807, 2.05) is 13.1 Å². The van der Waals surface area contributed by atoms with Crippen LogP contribution >= 0.6 is 34.5 Å². The predicted octanol–water partition coefficient (Wildman–Crippen LogP) is 3.37. The van der Waals surface area contributed by atoms with E-state index in [1.54, 1.807) is 11.3 Å². The molecule has 5 nitrogen and oxygen atoms in total. The lowest BCUT2D eigenvalue weighted by atomic mass is 10.3. The van der Waals surface area contributed by atoms with Crippen molar-refractivity contribution >= 4 is 40.4 Å². The molecule has 2 rings (SSSR count). The van der Waals surface area contributed by atoms with Gasteiger partial charge in [0.25, 0.3) is 0 Å². The van der Waals surface area contributed by atoms with Gasteiger partial charge in [0.1, 0.15) is 5.01 Å². The van der Waals surface area contributed by atoms with Crippen molar-refractivity contribution in [3.63, 3.8) is 0 Å². The van der Waals surface area contributed by atoms with Gasteiger partial charge in [-0.25, -0.2) is 4.98 Å². The standard InChI is InChI=1S/C10H11Cl2N5S/c1-3-6-4-13-9(18-6)5(2)14-8-7(11)16-17-10(12)15-8/h4-5H,3H2,1-2H3,(H,14,15,17). The molecule has 0 radical (unpaired) electrons. The van der Waals surface area contributed by atoms with Crippen molar-refractivity contribution in [2.24, 2.45) is 0 Å². The van der Waals surface area contributed by atoms with Crippen molar-refractivity contribution in [2.75, 3.05) is 5.32 Å². The van der Waals surface area contributed by atoms with Crippen molar-refractivity contribution in [1.29, 1.82) is 0 Å². The van der Waals surface area contributed by atoms with Gasteiger partial charge in [-0.1, -0.05) is 18.5 Å². The largest absolute Gasteiger partial charge is 0.358 e. The molecule has 8 heteroatoms. The zero-order chi connectivity index (χ0) is 13.1. The zero-order valence-corrected chi connectivity index (χ0v) is 12.1. The SMILES string of the molecule is CCc1cnc(C(C)Nc2nc(Cl)nnc2Cl)s1. The second kappa shape index (κ2) is 5.77. The van der Waals surface area contributed by atoms with Gasteiger partial charge in [0.15, 0.2) is 11.0 Å². The summed E-state index contributed by atoms with van der Waals surface area (Å²) in [5.41, 5.74) is 0. The maximum Gasteiger partial charge on any atom is 0.245 e. The van der Waals surface area contributed by atoms with Crippen molar-refractivity contribution in [3.8, 4) is 0 Å². The molecule has 0 aliphatic carbocycles. The average molecular weight is 304 g/mol. The van der Waals surface area contributed by atoms with E-state index in [0.29, 0.717) is 5.82 Å². The first-order chi connectivity index (χ1) is 8.60. The van der Waals surface area contributed by atoms with Crippen LogP contribution in [0.5, 0.6) is 0 Å². The Kier molecular flexibility index (Phi) is 4.31. The topological polar surface area (TPSA) is 63.6 Å². The Labute approximate surface area is 119 Å². The van der Waals surface area contributed by atoms with Gasteiger partial charge in [-0.3, -0.25) is 0 Å². The number of halogens is 2. The van der Waals surface area contributed by atoms with E-state index in [-0.39, 0.29) is 16.5 Å². The molecule has 0 amide bonds. The first-order valence-electron chi connectivity index (χ1n) is 5.37. The van der Waals surface area contributed by atoms with Crippen molar-refractivity contribution in [3.05, 3.63) is 26.5 Å². The fraction of sp³-hybridized carbons (Fsp3) is 0.400. The number of anilines is 1. The number of thiazole rings is 1. The Hall–Kier alpha value is -0.980. The van der Waals surface area contributed by atoms with Gasteiger partial charge in [0, 0.05) is 11.1 Å². The second-order valence-corrected chi connectivity index (χ2v) is 5.45. The first-order valence-corrected chi connectivity index (χ1v) is 6.94. The number of aromatic nitrogens is 4. The third-order valence-corrected chi connectivity index (χ3v) is 4.00. The summed E-state index contributed by atoms with van der Waals surface area (Å²) in [5.74, 6) is 0.414. The van der Waals surface area contributed by atoms with Gasteiger partial charge in [-0.05, 0) is 24.9 Å². The van der Waals surface area contributed by atoms with Crippen LogP contribution < -0.4 is 5.32 Å². The van der Waals surface area contributed by atoms with Crippen LogP contribution in [0.15, 0.2) is 6.20 Å². The molecule has 1 N–H and O–H groups in total. The molecule has 0 fully saturated rings. The Morgan fingerprint density at radius 3 is 2.83 bits per heavy atom. The molecule has 2 aromatic heterocycles. The van der Waals surface area contributed by atoms with Crippen LogP contribution in [-0.4, -0.2) is 20.2 Å². The van der Waals surface area contributed by atoms with Crippen molar-refractivity contribution in [2.45, 2.75) is 26.3 Å². The van der Waals surface area contributed by atoms with Crippen molar-refractivity contribution in [1.82, 2.24) is 20.2 Å². The van der Waals surface area contributed by atoms with Crippen LogP contribution in [0.25, 0.3) is 0 Å². The summed E-state index contributed by atoms with van der Waals surface area (Å²) in [6.45, 7) is 4.07. The molecule has 0 saturated heterocycles. The maximum absolute atomic E-state index is 5.89. The molecule has 1 unspecified atom stereocenters. The summed E-state index contributed by atoms with van der Waals surface area (Å²) in [6, 6.07) is -0.0134. The van der Waals surface area contributed by atoms with E-state index < -0.39 is 0 Å². The molecule has 0 aliphatic rings. The third kappa shape index (κ3) is 3.07. The second-order valence-electron chi connectivity index (χ2n) is 3.60. The highest BCUT2D eigenvalue weighted by molar-refractivity contribution is 7.11. The summed E-state index contributed by atoms with van der Waals surface area (Å²) in [4.78, 5) is 9.58. The summed E-state index contributed by atoms with van der Waals surface area (Å²) in [7, 11) is 0. The molecule has 0 aliphatic heterocycles. The molecule has 18 heavy (non-hydrogen) atoms. The van der Waals surface area contributed by atoms with Crippen LogP contribution in [0.3, 0.4) is 0 Å². The Morgan fingerprint density at radius 2 is 2.17 bits per heavy atom. The van der Waals surface area contributed by atoms with Gasteiger partial charge in [-0.15, -0.1) is 21.5 Å². The third-order valence-electron chi connectivity index (χ3n) is 2.26. The summed E-state index contributed by atoms with van der Waals surface area (Å²) in [5, 5.41) is 11.6. The first kappa shape index (κ1) is 13.5. The summed E-state index contributed by atoms with van der Waals surface area (Å²) >= 11 is 13.2. The monoisotopic (exact) mass is 303 g/mol. The lowest BCUT2D eigenvalue weighted by molar-refractivity contribution is 0.847. The molecular weight excluding hydrogens is 293 g/mol. The van der Waals surface area contributed by atoms with E-state index in [9.17, 15) is 0 Å². The van der Waals surface area contributed by atoms with E-state index in [1.165, 1.54) is 4.88 Å². The van der Waals surface area contributed by atoms with E-state index in [0.717, 1.165) is 11.4 Å². The number of hydrogen-bond donors (Lipinski definition) is 1. The van der Waals surface area contributed by atoms with Crippen LogP contribution in [0.2, 0.25) is 10.4 Å². The molecule has 2 heterocycles. The minimum atomic E-state index is -0.0134. The normalized spacial score (nSPS) is 12.4. The van der Waals surface area contributed by atoms with Gasteiger partial charge < -0.3 is 5.32 Å². The van der Waals surface area contributed by atoms with Crippen LogP contribution in [0.1, 0.15) is 29.8 Å². The number of hydrogen-bond acceptors (Lipinski definition) is 6. The molecule has 0 spiro atoms. The lowest BCUT2D eigenvalue weighted by Gasteiger charge is -2.12. The highest BCUT2D eigenvalue weighted by Gasteiger charge is 2.14. The number of rotatable bonds is 4. The van der Waals surface area contributed by atoms with Crippen LogP contribution in [0, 0.1) is 0 Å². The Morgan fingerprint density at radius 1 is 1.39 bits per heavy atom. The van der Waals surface area contributed by atoms with Gasteiger partial charge in [0.05, 0.1) is 6.04 Å². The molecule has 1 atom stereocenters. The smallest absolute Gasteiger partial charge is 0.245 e. The minimum Gasteiger partial charge on any atom is -0.358 e. The van der Waals surface area contributed by atoms with Gasteiger partial charge in [0.2, 0.25) is 5.28 Å². The van der Waals surface area contributed by atoms with Crippen LogP contribution in [-0.2, 0) is 6.42 Å². The number of nitrogens with zero attached hydrogens (tertiary/aromatic N) is 4. The molecule has 0 aromatic carbocycles. The minimum absolute atomic E-state index is 0.0134. The van der Waals surface area contributed by atoms with Crippen molar-refractivity contribution < 1.29 is 0 Å². The van der Waals surface area contributed by atoms with E-state index in [2.05, 4.69) is 32.4 Å². The van der Waals surface area contributed by atoms with Gasteiger partial charge >= 0.3 is 0 Å². The molecular formula is C10H11Cl2N5S. The fourth-order valence-corrected chi connectivity index (χ4v) is 2.45. The fourth-order valence-electron chi connectivity index (χ4n) is 1.34. The number of aryl methyl sites for hydroxylation is 1. The van der Waals surface area contributed by atoms with E-state index >= 15 is 0 Å². The Balaban J connectivity index is 2.15. The quantitative estimate of drug-likeness (QED) is 0.938. The predicted molar refractivity (Wildman–Crippen MR) is 73.4 cm³/mol. The van der Waals surface area contributed by atoms with Crippen LogP contribution in [0.4, 0.5) is 5.82 Å². The molecule has 0 saturated carbocycles. The highest BCUT2D eigenvalue weighted by atomic mass is 35.5. The van der Waals surface area contributed by atoms with E-state index in [4.69, 9.17) is 23.2 Å². The average Bonchev–Trinajstić information content (AvgIpc) is 2.82. The summed E-state index contributed by atoms with van der Waals surface area (Å²) < 4.78 is 0. The lowest BCUT2D eigenvalue weighted by Crippen LogP contribution is -2.09.